The molecule has 1 saturated heterocycles. The predicted octanol–water partition coefficient (Wildman–Crippen LogP) is 2.96. The molecule has 4 aromatic rings. The lowest BCUT2D eigenvalue weighted by molar-refractivity contribution is -0.134. The van der Waals surface area contributed by atoms with Crippen molar-refractivity contribution in [3.8, 4) is 11.6 Å². The largest absolute Gasteiger partial charge is 0.438 e. The topological polar surface area (TPSA) is 100 Å². The Morgan fingerprint density at radius 3 is 2.50 bits per heavy atom. The highest BCUT2D eigenvalue weighted by molar-refractivity contribution is 5.82. The molecule has 1 amide bonds. The lowest BCUT2D eigenvalue weighted by Gasteiger charge is -2.36. The van der Waals surface area contributed by atoms with Crippen LogP contribution in [0.25, 0.3) is 11.0 Å². The first-order valence-electron chi connectivity index (χ1n) is 11.5. The van der Waals surface area contributed by atoms with Gasteiger partial charge in [-0.3, -0.25) is 9.69 Å². The van der Waals surface area contributed by atoms with Crippen molar-refractivity contribution in [1.29, 1.82) is 0 Å². The van der Waals surface area contributed by atoms with Crippen LogP contribution in [0, 0.1) is 0 Å². The minimum Gasteiger partial charge on any atom is -0.438 e. The average molecular weight is 457 g/mol. The van der Waals surface area contributed by atoms with Crippen LogP contribution in [-0.4, -0.2) is 62.9 Å². The third kappa shape index (κ3) is 5.08. The quantitative estimate of drug-likeness (QED) is 0.444. The SMILES string of the molecule is NC(Cc1ccc(Oc2ncnc3[nH]ccc23)cc1)C(=O)N1CCN(Cc2ccccc2)CC1. The van der Waals surface area contributed by atoms with Gasteiger partial charge >= 0.3 is 0 Å². The van der Waals surface area contributed by atoms with E-state index >= 15 is 0 Å². The zero-order valence-electron chi connectivity index (χ0n) is 18.9. The summed E-state index contributed by atoms with van der Waals surface area (Å²) in [6.45, 7) is 4.04. The number of nitrogens with zero attached hydrogens (tertiary/aromatic N) is 4. The molecule has 1 atom stereocenters. The minimum absolute atomic E-state index is 0.00974. The fraction of sp³-hybridized carbons (Fsp3) is 0.269. The zero-order valence-corrected chi connectivity index (χ0v) is 18.9. The first kappa shape index (κ1) is 22.1. The zero-order chi connectivity index (χ0) is 23.3. The normalized spacial score (nSPS) is 15.4. The van der Waals surface area contributed by atoms with Crippen molar-refractivity contribution in [3.05, 3.63) is 84.3 Å². The van der Waals surface area contributed by atoms with Crippen LogP contribution in [0.2, 0.25) is 0 Å². The molecule has 34 heavy (non-hydrogen) atoms. The van der Waals surface area contributed by atoms with E-state index in [1.165, 1.54) is 11.9 Å². The molecule has 1 aliphatic rings. The summed E-state index contributed by atoms with van der Waals surface area (Å²) in [6.07, 6.45) is 3.75. The molecule has 0 bridgehead atoms. The maximum absolute atomic E-state index is 12.9. The van der Waals surface area contributed by atoms with Gasteiger partial charge in [0, 0.05) is 38.9 Å². The van der Waals surface area contributed by atoms with E-state index in [1.54, 1.807) is 6.20 Å². The number of ether oxygens (including phenoxy) is 1. The monoisotopic (exact) mass is 456 g/mol. The average Bonchev–Trinajstić information content (AvgIpc) is 3.36. The lowest BCUT2D eigenvalue weighted by Crippen LogP contribution is -2.53. The number of carbonyl (C=O) groups is 1. The Labute approximate surface area is 198 Å². The van der Waals surface area contributed by atoms with Crippen molar-refractivity contribution < 1.29 is 9.53 Å². The van der Waals surface area contributed by atoms with Crippen molar-refractivity contribution in [2.75, 3.05) is 26.2 Å². The Balaban J connectivity index is 1.13. The Bertz CT molecular complexity index is 1230. The van der Waals surface area contributed by atoms with Crippen LogP contribution in [0.4, 0.5) is 0 Å². The van der Waals surface area contributed by atoms with Gasteiger partial charge in [-0.2, -0.15) is 0 Å². The molecule has 2 aromatic carbocycles. The fourth-order valence-corrected chi connectivity index (χ4v) is 4.28. The number of fused-ring (bicyclic) bond motifs is 1. The molecular formula is C26H28N6O2. The molecule has 174 valence electrons. The van der Waals surface area contributed by atoms with E-state index in [2.05, 4.69) is 44.1 Å². The summed E-state index contributed by atoms with van der Waals surface area (Å²) < 4.78 is 5.92. The number of H-pyrrole nitrogens is 1. The molecule has 3 heterocycles. The maximum Gasteiger partial charge on any atom is 0.239 e. The molecule has 0 aliphatic carbocycles. The molecule has 5 rings (SSSR count). The molecule has 2 aromatic heterocycles. The molecule has 0 saturated carbocycles. The molecule has 3 N–H and O–H groups in total. The number of hydrogen-bond acceptors (Lipinski definition) is 6. The van der Waals surface area contributed by atoms with Gasteiger partial charge in [-0.05, 0) is 35.7 Å². The molecule has 0 radical (unpaired) electrons. The molecule has 1 unspecified atom stereocenters. The first-order chi connectivity index (χ1) is 16.7. The van der Waals surface area contributed by atoms with E-state index in [0.29, 0.717) is 31.1 Å². The van der Waals surface area contributed by atoms with Crippen molar-refractivity contribution in [2.45, 2.75) is 19.0 Å². The van der Waals surface area contributed by atoms with Gasteiger partial charge in [-0.15, -0.1) is 0 Å². The Kier molecular flexibility index (Phi) is 6.51. The van der Waals surface area contributed by atoms with Gasteiger partial charge in [0.1, 0.15) is 17.7 Å². The Morgan fingerprint density at radius 2 is 1.74 bits per heavy atom. The van der Waals surface area contributed by atoms with E-state index in [1.807, 2.05) is 41.3 Å². The summed E-state index contributed by atoms with van der Waals surface area (Å²) in [6, 6.07) is 19.4. The van der Waals surface area contributed by atoms with Crippen molar-refractivity contribution in [3.63, 3.8) is 0 Å². The summed E-state index contributed by atoms with van der Waals surface area (Å²) >= 11 is 0. The maximum atomic E-state index is 12.9. The van der Waals surface area contributed by atoms with Gasteiger partial charge in [0.2, 0.25) is 11.8 Å². The van der Waals surface area contributed by atoms with Crippen LogP contribution in [0.5, 0.6) is 11.6 Å². The van der Waals surface area contributed by atoms with Gasteiger partial charge in [0.05, 0.1) is 11.4 Å². The van der Waals surface area contributed by atoms with Crippen molar-refractivity contribution in [1.82, 2.24) is 24.8 Å². The second-order valence-corrected chi connectivity index (χ2v) is 8.56. The number of nitrogens with one attached hydrogen (secondary N) is 1. The van der Waals surface area contributed by atoms with Crippen LogP contribution >= 0.6 is 0 Å². The van der Waals surface area contributed by atoms with Crippen LogP contribution < -0.4 is 10.5 Å². The molecule has 1 aliphatic heterocycles. The third-order valence-corrected chi connectivity index (χ3v) is 6.16. The first-order valence-corrected chi connectivity index (χ1v) is 11.5. The summed E-state index contributed by atoms with van der Waals surface area (Å²) in [7, 11) is 0. The predicted molar refractivity (Wildman–Crippen MR) is 130 cm³/mol. The van der Waals surface area contributed by atoms with Gasteiger partial charge in [0.15, 0.2) is 0 Å². The number of carbonyl (C=O) groups excluding carboxylic acids is 1. The summed E-state index contributed by atoms with van der Waals surface area (Å²) in [5.41, 5.74) is 9.31. The Hall–Kier alpha value is -3.75. The summed E-state index contributed by atoms with van der Waals surface area (Å²) in [5, 5.41) is 0.822. The number of amides is 1. The number of aromatic amines is 1. The highest BCUT2D eigenvalue weighted by atomic mass is 16.5. The number of hydrogen-bond donors (Lipinski definition) is 2. The van der Waals surface area contributed by atoms with Gasteiger partial charge in [-0.1, -0.05) is 42.5 Å². The summed E-state index contributed by atoms with van der Waals surface area (Å²) in [5.74, 6) is 1.17. The molecular weight excluding hydrogens is 428 g/mol. The second kappa shape index (κ2) is 10.0. The van der Waals surface area contributed by atoms with Gasteiger partial charge in [0.25, 0.3) is 0 Å². The van der Waals surface area contributed by atoms with Crippen LogP contribution in [0.15, 0.2) is 73.2 Å². The van der Waals surface area contributed by atoms with Crippen molar-refractivity contribution in [2.24, 2.45) is 5.73 Å². The molecule has 8 heteroatoms. The Morgan fingerprint density at radius 1 is 0.971 bits per heavy atom. The minimum atomic E-state index is -0.561. The van der Waals surface area contributed by atoms with Crippen LogP contribution in [0.3, 0.4) is 0 Å². The number of aromatic nitrogens is 3. The smallest absolute Gasteiger partial charge is 0.239 e. The number of nitrogens with two attached hydrogens (primary N) is 1. The van der Waals surface area contributed by atoms with Crippen LogP contribution in [-0.2, 0) is 17.8 Å². The van der Waals surface area contributed by atoms with E-state index in [9.17, 15) is 4.79 Å². The summed E-state index contributed by atoms with van der Waals surface area (Å²) in [4.78, 5) is 28.6. The lowest BCUT2D eigenvalue weighted by atomic mass is 10.0. The van der Waals surface area contributed by atoms with E-state index in [4.69, 9.17) is 10.5 Å². The number of piperazine rings is 1. The van der Waals surface area contributed by atoms with E-state index in [-0.39, 0.29) is 5.91 Å². The highest BCUT2D eigenvalue weighted by Gasteiger charge is 2.25. The second-order valence-electron chi connectivity index (χ2n) is 8.56. The number of benzene rings is 2. The highest BCUT2D eigenvalue weighted by Crippen LogP contribution is 2.26. The van der Waals surface area contributed by atoms with Gasteiger partial charge < -0.3 is 20.4 Å². The number of rotatable bonds is 7. The van der Waals surface area contributed by atoms with Crippen molar-refractivity contribution >= 4 is 16.9 Å². The fourth-order valence-electron chi connectivity index (χ4n) is 4.28. The standard InChI is InChI=1S/C26H28N6O2/c27-23(26(33)32-14-12-31(13-15-32)17-20-4-2-1-3-5-20)16-19-6-8-21(9-7-19)34-25-22-10-11-28-24(22)29-18-30-25/h1-11,18,23H,12-17,27H2,(H,28,29,30). The van der Waals surface area contributed by atoms with Crippen LogP contribution in [0.1, 0.15) is 11.1 Å². The molecule has 0 spiro atoms. The molecule has 8 nitrogen and oxygen atoms in total. The van der Waals surface area contributed by atoms with Gasteiger partial charge in [-0.25, -0.2) is 9.97 Å². The third-order valence-electron chi connectivity index (χ3n) is 6.16. The van der Waals surface area contributed by atoms with E-state index in [0.717, 1.165) is 36.2 Å². The van der Waals surface area contributed by atoms with E-state index < -0.39 is 6.04 Å². The molecule has 1 fully saturated rings.